The minimum absolute atomic E-state index is 0.0477. The molecule has 0 saturated heterocycles. The Labute approximate surface area is 316 Å². The number of unbranched alkanes of at least 4 members (excludes halogenated alkanes) is 2. The van der Waals surface area contributed by atoms with Crippen LogP contribution < -0.4 is 32.6 Å². The smallest absolute Gasteiger partial charge is 0.480 e. The van der Waals surface area contributed by atoms with Crippen molar-refractivity contribution in [3.63, 3.8) is 0 Å². The first-order valence-electron chi connectivity index (χ1n) is 16.9. The molecular weight excluding hydrogens is 726 g/mol. The van der Waals surface area contributed by atoms with E-state index in [0.717, 1.165) is 5.56 Å². The first-order chi connectivity index (χ1) is 25.9. The summed E-state index contributed by atoms with van der Waals surface area (Å²) in [6.45, 7) is 4.22. The van der Waals surface area contributed by atoms with Crippen molar-refractivity contribution in [1.82, 2.24) is 15.5 Å². The number of urea groups is 1. The fraction of sp³-hybridized carbons (Fsp3) is 0.400. The van der Waals surface area contributed by atoms with Gasteiger partial charge in [-0.15, -0.1) is 0 Å². The van der Waals surface area contributed by atoms with Crippen LogP contribution in [0.5, 0.6) is 5.75 Å². The fourth-order valence-electron chi connectivity index (χ4n) is 4.32. The largest absolute Gasteiger partial charge is 0.514 e. The van der Waals surface area contributed by atoms with E-state index in [1.54, 1.807) is 38.1 Å². The Bertz CT molecular complexity index is 1630. The molecule has 10 N–H and O–H groups in total. The van der Waals surface area contributed by atoms with Crippen molar-refractivity contribution in [2.75, 3.05) is 18.8 Å². The van der Waals surface area contributed by atoms with Gasteiger partial charge in [0.25, 0.3) is 17.5 Å². The number of nitro groups is 1. The molecule has 1 aliphatic heterocycles. The molecule has 3 rings (SSSR count). The van der Waals surface area contributed by atoms with Crippen molar-refractivity contribution in [2.24, 2.45) is 17.4 Å². The van der Waals surface area contributed by atoms with Crippen molar-refractivity contribution in [2.45, 2.75) is 71.1 Å². The van der Waals surface area contributed by atoms with Gasteiger partial charge in [0.15, 0.2) is 0 Å². The van der Waals surface area contributed by atoms with Crippen LogP contribution in [-0.4, -0.2) is 87.1 Å². The Morgan fingerprint density at radius 3 is 2.00 bits per heavy atom. The monoisotopic (exact) mass is 773 g/mol. The highest BCUT2D eigenvalue weighted by Crippen LogP contribution is 2.18. The molecule has 20 heteroatoms. The van der Waals surface area contributed by atoms with E-state index in [-0.39, 0.29) is 48.1 Å². The zero-order chi connectivity index (χ0) is 41.5. The molecule has 0 saturated carbocycles. The van der Waals surface area contributed by atoms with E-state index in [4.69, 9.17) is 36.9 Å². The second-order valence-corrected chi connectivity index (χ2v) is 12.1. The number of nitro benzene ring substituents is 1. The maximum absolute atomic E-state index is 11.7. The predicted octanol–water partition coefficient (Wildman–Crippen LogP) is 2.44. The van der Waals surface area contributed by atoms with E-state index in [0.29, 0.717) is 50.9 Å². The van der Waals surface area contributed by atoms with Gasteiger partial charge in [-0.1, -0.05) is 32.4 Å². The van der Waals surface area contributed by atoms with Crippen LogP contribution in [0, 0.1) is 16.0 Å². The zero-order valence-corrected chi connectivity index (χ0v) is 30.4. The number of hydrogen-bond donors (Lipinski definition) is 7. The van der Waals surface area contributed by atoms with E-state index >= 15 is 0 Å². The molecule has 1 heterocycles. The standard InChI is InChI=1S/C15H22N2O5.C14H12N2O5.C6H13N3O3/c1-10(2)14(15(21)22)16-11(18)6-4-3-5-9-17-12(19)7-8-13(17)20;15-11-3-1-10(2-4-11)9-20-14(17)21-13-7-5-12(6-8-13)16(18)19;7-4(5(10)11)2-1-3-9-6(8)12/h7-8,10,14H,3-6,9H2,1-2H3,(H,16,18)(H,21,22);1-8H,9,15H2;4H,1-3,7H2,(H,10,11)(H3,8,9,12). The van der Waals surface area contributed by atoms with Gasteiger partial charge in [0.1, 0.15) is 24.4 Å². The third kappa shape index (κ3) is 19.7. The number of carbonyl (C=O) groups excluding carboxylic acids is 5. The van der Waals surface area contributed by atoms with Crippen LogP contribution in [0.3, 0.4) is 0 Å². The first kappa shape index (κ1) is 46.5. The summed E-state index contributed by atoms with van der Waals surface area (Å²) in [7, 11) is 0. The number of nitrogen functional groups attached to an aromatic ring is 1. The van der Waals surface area contributed by atoms with Gasteiger partial charge >= 0.3 is 24.1 Å². The van der Waals surface area contributed by atoms with Gasteiger partial charge in [0, 0.05) is 49.5 Å². The number of carboxylic acid groups (broad SMARTS) is 2. The third-order valence-corrected chi connectivity index (χ3v) is 7.33. The molecule has 0 bridgehead atoms. The molecule has 0 aliphatic carbocycles. The van der Waals surface area contributed by atoms with Gasteiger partial charge in [-0.2, -0.15) is 0 Å². The number of nitrogens with zero attached hydrogens (tertiary/aromatic N) is 2. The number of rotatable bonds is 18. The Morgan fingerprint density at radius 2 is 1.49 bits per heavy atom. The number of ether oxygens (including phenoxy) is 2. The number of benzene rings is 2. The van der Waals surface area contributed by atoms with E-state index in [1.165, 1.54) is 41.3 Å². The minimum atomic E-state index is -1.04. The molecule has 0 radical (unpaired) electrons. The fourth-order valence-corrected chi connectivity index (χ4v) is 4.32. The molecule has 0 spiro atoms. The predicted molar refractivity (Wildman–Crippen MR) is 196 cm³/mol. The number of carbonyl (C=O) groups is 7. The molecule has 2 aromatic rings. The highest BCUT2D eigenvalue weighted by atomic mass is 16.7. The Hall–Kier alpha value is -6.57. The number of aliphatic carboxylic acids is 2. The lowest BCUT2D eigenvalue weighted by molar-refractivity contribution is -0.384. The van der Waals surface area contributed by atoms with Gasteiger partial charge in [0.05, 0.1) is 4.92 Å². The summed E-state index contributed by atoms with van der Waals surface area (Å²) >= 11 is 0. The van der Waals surface area contributed by atoms with Gasteiger partial charge in [0.2, 0.25) is 5.91 Å². The quantitative estimate of drug-likeness (QED) is 0.0218. The molecule has 5 amide bonds. The second kappa shape index (κ2) is 24.6. The highest BCUT2D eigenvalue weighted by Gasteiger charge is 2.24. The van der Waals surface area contributed by atoms with Gasteiger partial charge in [-0.25, -0.2) is 14.4 Å². The molecule has 55 heavy (non-hydrogen) atoms. The number of carboxylic acids is 2. The average Bonchev–Trinajstić information content (AvgIpc) is 3.44. The molecule has 20 nitrogen and oxygen atoms in total. The number of amides is 5. The lowest BCUT2D eigenvalue weighted by atomic mass is 10.0. The maximum Gasteiger partial charge on any atom is 0.514 e. The number of nitrogens with two attached hydrogens (primary N) is 3. The number of hydrogen-bond acceptors (Lipinski definition) is 13. The molecular formula is C35H47N7O13. The second-order valence-electron chi connectivity index (χ2n) is 12.1. The van der Waals surface area contributed by atoms with Crippen molar-refractivity contribution < 1.29 is 58.2 Å². The summed E-state index contributed by atoms with van der Waals surface area (Å²) in [4.78, 5) is 88.2. The van der Waals surface area contributed by atoms with Crippen molar-refractivity contribution >= 4 is 53.2 Å². The maximum atomic E-state index is 11.7. The van der Waals surface area contributed by atoms with Crippen LogP contribution in [0.15, 0.2) is 60.7 Å². The molecule has 0 aromatic heterocycles. The molecule has 300 valence electrons. The van der Waals surface area contributed by atoms with Gasteiger partial charge < -0.3 is 47.5 Å². The van der Waals surface area contributed by atoms with E-state index in [2.05, 4.69) is 10.6 Å². The zero-order valence-electron chi connectivity index (χ0n) is 30.4. The Balaban J connectivity index is 0.000000432. The summed E-state index contributed by atoms with van der Waals surface area (Å²) in [6, 6.07) is 9.62. The molecule has 0 fully saturated rings. The molecule has 2 unspecified atom stereocenters. The Kier molecular flexibility index (Phi) is 20.8. The minimum Gasteiger partial charge on any atom is -0.480 e. The topological polar surface area (TPSA) is 327 Å². The van der Waals surface area contributed by atoms with Crippen LogP contribution in [0.4, 0.5) is 21.0 Å². The van der Waals surface area contributed by atoms with Crippen molar-refractivity contribution in [3.05, 3.63) is 76.4 Å². The number of imide groups is 1. The van der Waals surface area contributed by atoms with Crippen molar-refractivity contribution in [3.8, 4) is 5.75 Å². The number of anilines is 1. The SMILES string of the molecule is CC(C)C(NC(=O)CCCCCN1C(=O)C=CC1=O)C(=O)O.NC(=O)NCCCC(N)C(=O)O.Nc1ccc(COC(=O)Oc2ccc([N+](=O)[O-])cc2)cc1. The molecule has 2 aromatic carbocycles. The average molecular weight is 774 g/mol. The molecule has 2 atom stereocenters. The van der Waals surface area contributed by atoms with Gasteiger partial charge in [-0.3, -0.25) is 34.2 Å². The number of primary amides is 1. The normalized spacial score (nSPS) is 12.6. The number of non-ortho nitro benzene ring substituents is 1. The summed E-state index contributed by atoms with van der Waals surface area (Å²) in [5, 5.41) is 32.6. The summed E-state index contributed by atoms with van der Waals surface area (Å²) in [5.41, 5.74) is 16.8. The van der Waals surface area contributed by atoms with Crippen LogP contribution in [0.1, 0.15) is 57.9 Å². The summed E-state index contributed by atoms with van der Waals surface area (Å²) in [6.07, 6.45) is 4.56. The van der Waals surface area contributed by atoms with Gasteiger partial charge in [-0.05, 0) is 61.4 Å². The summed E-state index contributed by atoms with van der Waals surface area (Å²) < 4.78 is 9.80. The van der Waals surface area contributed by atoms with Crippen LogP contribution in [0.25, 0.3) is 0 Å². The Morgan fingerprint density at radius 1 is 0.891 bits per heavy atom. The van der Waals surface area contributed by atoms with Crippen molar-refractivity contribution in [1.29, 1.82) is 0 Å². The van der Waals surface area contributed by atoms with Crippen LogP contribution >= 0.6 is 0 Å². The lowest BCUT2D eigenvalue weighted by Crippen LogP contribution is -2.44. The number of nitrogens with one attached hydrogen (secondary N) is 2. The van der Waals surface area contributed by atoms with E-state index in [9.17, 15) is 43.7 Å². The lowest BCUT2D eigenvalue weighted by Gasteiger charge is -2.18. The van der Waals surface area contributed by atoms with E-state index in [1.807, 2.05) is 0 Å². The first-order valence-corrected chi connectivity index (χ1v) is 16.9. The van der Waals surface area contributed by atoms with E-state index < -0.39 is 41.1 Å². The highest BCUT2D eigenvalue weighted by molar-refractivity contribution is 6.12. The van der Waals surface area contributed by atoms with Crippen LogP contribution in [0.2, 0.25) is 0 Å². The molecule has 1 aliphatic rings. The van der Waals surface area contributed by atoms with Crippen LogP contribution in [-0.2, 0) is 35.3 Å². The summed E-state index contributed by atoms with van der Waals surface area (Å²) in [5.74, 6) is -2.98. The third-order valence-electron chi connectivity index (χ3n) is 7.33.